The van der Waals surface area contributed by atoms with E-state index in [1.54, 1.807) is 56.3 Å². The fourth-order valence-corrected chi connectivity index (χ4v) is 3.40. The minimum Gasteiger partial charge on any atom is -0.478 e. The van der Waals surface area contributed by atoms with Crippen molar-refractivity contribution < 1.29 is 23.1 Å². The van der Waals surface area contributed by atoms with E-state index in [-0.39, 0.29) is 17.1 Å². The summed E-state index contributed by atoms with van der Waals surface area (Å²) < 4.78 is 40.8. The number of carboxylic acid groups (broad SMARTS) is 1. The van der Waals surface area contributed by atoms with Gasteiger partial charge in [-0.1, -0.05) is 24.3 Å². The first-order valence-electron chi connectivity index (χ1n) is 9.95. The molecule has 2 aromatic heterocycles. The lowest BCUT2D eigenvalue weighted by Crippen LogP contribution is -2.10. The summed E-state index contributed by atoms with van der Waals surface area (Å²) in [6.07, 6.45) is -3.19. The minimum atomic E-state index is -4.66. The molecule has 2 heterocycles. The first-order chi connectivity index (χ1) is 15.6. The van der Waals surface area contributed by atoms with Crippen molar-refractivity contribution >= 4 is 5.97 Å². The van der Waals surface area contributed by atoms with Gasteiger partial charge in [0.15, 0.2) is 5.82 Å². The first-order valence-corrected chi connectivity index (χ1v) is 9.95. The average Bonchev–Trinajstić information content (AvgIpc) is 2.78. The number of aromatic nitrogens is 3. The van der Waals surface area contributed by atoms with Crippen molar-refractivity contribution in [1.82, 2.24) is 15.0 Å². The third kappa shape index (κ3) is 4.90. The Balaban J connectivity index is 1.85. The van der Waals surface area contributed by atoms with Crippen molar-refractivity contribution in [2.24, 2.45) is 0 Å². The SMILES string of the molecule is Cc1cc(C(=O)O)cc(-c2cccc(-c3nc(-c4ccc(C)nc4)cc(C(F)(F)F)n3)c2)c1. The number of alkyl halides is 3. The number of rotatable bonds is 4. The van der Waals surface area contributed by atoms with E-state index in [0.717, 1.165) is 17.3 Å². The van der Waals surface area contributed by atoms with E-state index in [2.05, 4.69) is 15.0 Å². The van der Waals surface area contributed by atoms with Gasteiger partial charge in [0.25, 0.3) is 0 Å². The van der Waals surface area contributed by atoms with Crippen LogP contribution in [-0.4, -0.2) is 26.0 Å². The Morgan fingerprint density at radius 3 is 2.27 bits per heavy atom. The molecule has 4 aromatic rings. The molecular formula is C25H18F3N3O2. The molecule has 0 amide bonds. The van der Waals surface area contributed by atoms with Gasteiger partial charge in [-0.15, -0.1) is 0 Å². The second-order valence-corrected chi connectivity index (χ2v) is 7.62. The molecule has 4 rings (SSSR count). The highest BCUT2D eigenvalue weighted by Gasteiger charge is 2.34. The highest BCUT2D eigenvalue weighted by Crippen LogP contribution is 2.33. The van der Waals surface area contributed by atoms with Crippen molar-refractivity contribution in [1.29, 1.82) is 0 Å². The molecule has 5 nitrogen and oxygen atoms in total. The molecule has 0 saturated carbocycles. The quantitative estimate of drug-likeness (QED) is 0.401. The molecule has 33 heavy (non-hydrogen) atoms. The van der Waals surface area contributed by atoms with Crippen molar-refractivity contribution in [2.45, 2.75) is 20.0 Å². The summed E-state index contributed by atoms with van der Waals surface area (Å²) in [7, 11) is 0. The summed E-state index contributed by atoms with van der Waals surface area (Å²) in [5, 5.41) is 9.34. The molecule has 166 valence electrons. The molecule has 0 saturated heterocycles. The number of aromatic carboxylic acids is 1. The largest absolute Gasteiger partial charge is 0.478 e. The summed E-state index contributed by atoms with van der Waals surface area (Å²) in [6.45, 7) is 3.56. The maximum absolute atomic E-state index is 13.6. The number of halogens is 3. The summed E-state index contributed by atoms with van der Waals surface area (Å²) in [5.41, 5.74) is 2.73. The molecule has 0 unspecified atom stereocenters. The Labute approximate surface area is 187 Å². The Morgan fingerprint density at radius 2 is 1.61 bits per heavy atom. The van der Waals surface area contributed by atoms with Crippen LogP contribution in [0.5, 0.6) is 0 Å². The lowest BCUT2D eigenvalue weighted by Gasteiger charge is -2.12. The lowest BCUT2D eigenvalue weighted by molar-refractivity contribution is -0.141. The Hall–Kier alpha value is -4.07. The second-order valence-electron chi connectivity index (χ2n) is 7.62. The van der Waals surface area contributed by atoms with E-state index < -0.39 is 17.8 Å². The fourth-order valence-electron chi connectivity index (χ4n) is 3.40. The number of aryl methyl sites for hydroxylation is 2. The monoisotopic (exact) mass is 449 g/mol. The van der Waals surface area contributed by atoms with Crippen LogP contribution in [0, 0.1) is 13.8 Å². The van der Waals surface area contributed by atoms with E-state index >= 15 is 0 Å². The number of carbonyl (C=O) groups is 1. The molecule has 0 radical (unpaired) electrons. The zero-order valence-electron chi connectivity index (χ0n) is 17.7. The molecule has 1 N–H and O–H groups in total. The summed E-state index contributed by atoms with van der Waals surface area (Å²) in [6, 6.07) is 15.8. The van der Waals surface area contributed by atoms with Gasteiger partial charge in [-0.25, -0.2) is 14.8 Å². The smallest absolute Gasteiger partial charge is 0.433 e. The maximum atomic E-state index is 13.6. The van der Waals surface area contributed by atoms with Crippen LogP contribution in [0.4, 0.5) is 13.2 Å². The minimum absolute atomic E-state index is 0.0895. The Morgan fingerprint density at radius 1 is 0.848 bits per heavy atom. The van der Waals surface area contributed by atoms with Crippen LogP contribution in [0.1, 0.15) is 27.3 Å². The van der Waals surface area contributed by atoms with Crippen molar-refractivity contribution in [2.75, 3.05) is 0 Å². The van der Waals surface area contributed by atoms with Gasteiger partial charge in [0.05, 0.1) is 11.3 Å². The lowest BCUT2D eigenvalue weighted by atomic mass is 9.98. The summed E-state index contributed by atoms with van der Waals surface area (Å²) in [4.78, 5) is 23.7. The van der Waals surface area contributed by atoms with Crippen LogP contribution >= 0.6 is 0 Å². The van der Waals surface area contributed by atoms with Crippen molar-refractivity contribution in [3.63, 3.8) is 0 Å². The third-order valence-corrected chi connectivity index (χ3v) is 5.00. The predicted molar refractivity (Wildman–Crippen MR) is 118 cm³/mol. The molecule has 2 aromatic carbocycles. The van der Waals surface area contributed by atoms with Crippen molar-refractivity contribution in [3.8, 4) is 33.8 Å². The standard InChI is InChI=1S/C25H18F3N3O2/c1-14-8-19(11-20(9-14)24(32)33)16-4-3-5-17(10-16)23-30-21(12-22(31-23)25(26,27)28)18-7-6-15(2)29-13-18/h3-13H,1-2H3,(H,32,33). The first kappa shape index (κ1) is 22.1. The molecule has 8 heteroatoms. The molecule has 0 aliphatic carbocycles. The van der Waals surface area contributed by atoms with Gasteiger partial charge in [-0.3, -0.25) is 4.98 Å². The van der Waals surface area contributed by atoms with Gasteiger partial charge >= 0.3 is 12.1 Å². The predicted octanol–water partition coefficient (Wildman–Crippen LogP) is 6.21. The van der Waals surface area contributed by atoms with Gasteiger partial charge < -0.3 is 5.11 Å². The molecule has 0 bridgehead atoms. The van der Waals surface area contributed by atoms with Gasteiger partial charge in [0.2, 0.25) is 0 Å². The topological polar surface area (TPSA) is 76.0 Å². The highest BCUT2D eigenvalue weighted by atomic mass is 19.4. The zero-order chi connectivity index (χ0) is 23.8. The van der Waals surface area contributed by atoms with E-state index in [9.17, 15) is 23.1 Å². The molecule has 0 fully saturated rings. The van der Waals surface area contributed by atoms with Crippen LogP contribution in [0.15, 0.2) is 66.9 Å². The summed E-state index contributed by atoms with van der Waals surface area (Å²) in [5.74, 6) is -1.15. The highest BCUT2D eigenvalue weighted by molar-refractivity contribution is 5.90. The van der Waals surface area contributed by atoms with E-state index in [4.69, 9.17) is 0 Å². The van der Waals surface area contributed by atoms with Crippen LogP contribution < -0.4 is 0 Å². The molecule has 0 aliphatic heterocycles. The molecule has 0 atom stereocenters. The molecule has 0 aliphatic rings. The van der Waals surface area contributed by atoms with E-state index in [0.29, 0.717) is 22.3 Å². The van der Waals surface area contributed by atoms with Crippen LogP contribution in [0.25, 0.3) is 33.8 Å². The number of nitrogens with zero attached hydrogens (tertiary/aromatic N) is 3. The Bertz CT molecular complexity index is 1350. The molecular weight excluding hydrogens is 431 g/mol. The van der Waals surface area contributed by atoms with Gasteiger partial charge in [-0.05, 0) is 66.9 Å². The maximum Gasteiger partial charge on any atom is 0.433 e. The van der Waals surface area contributed by atoms with Gasteiger partial charge in [0.1, 0.15) is 5.69 Å². The van der Waals surface area contributed by atoms with Crippen LogP contribution in [0.3, 0.4) is 0 Å². The van der Waals surface area contributed by atoms with Crippen LogP contribution in [-0.2, 0) is 6.18 Å². The number of hydrogen-bond donors (Lipinski definition) is 1. The number of carboxylic acids is 1. The number of benzene rings is 2. The van der Waals surface area contributed by atoms with E-state index in [1.165, 1.54) is 12.3 Å². The molecule has 0 spiro atoms. The van der Waals surface area contributed by atoms with Gasteiger partial charge in [0, 0.05) is 23.0 Å². The fraction of sp³-hybridized carbons (Fsp3) is 0.120. The third-order valence-electron chi connectivity index (χ3n) is 5.00. The Kier molecular flexibility index (Phi) is 5.68. The number of hydrogen-bond acceptors (Lipinski definition) is 4. The normalized spacial score (nSPS) is 11.4. The van der Waals surface area contributed by atoms with Crippen molar-refractivity contribution in [3.05, 3.63) is 89.4 Å². The second kappa shape index (κ2) is 8.46. The van der Waals surface area contributed by atoms with Gasteiger partial charge in [-0.2, -0.15) is 13.2 Å². The zero-order valence-corrected chi connectivity index (χ0v) is 17.7. The van der Waals surface area contributed by atoms with Crippen LogP contribution in [0.2, 0.25) is 0 Å². The summed E-state index contributed by atoms with van der Waals surface area (Å²) >= 11 is 0. The average molecular weight is 449 g/mol. The van der Waals surface area contributed by atoms with E-state index in [1.807, 2.05) is 6.07 Å². The number of pyridine rings is 1.